The van der Waals surface area contributed by atoms with Crippen molar-refractivity contribution in [2.24, 2.45) is 0 Å². The zero-order chi connectivity index (χ0) is 16.9. The van der Waals surface area contributed by atoms with Gasteiger partial charge in [-0.05, 0) is 30.5 Å². The summed E-state index contributed by atoms with van der Waals surface area (Å²) in [6.45, 7) is 0.753. The molecule has 0 aliphatic carbocycles. The second-order valence-electron chi connectivity index (χ2n) is 6.30. The first-order valence-corrected chi connectivity index (χ1v) is 8.37. The Morgan fingerprint density at radius 1 is 1.12 bits per heavy atom. The average Bonchev–Trinajstić information content (AvgIpc) is 2.88. The standard InChI is InChI=1S/C18H23N5O/c1-22(2)17-13-20-15(12-21-17)18(24)23-11-5-3-4-6-16(23)14-7-9-19-10-8-14/h7-10,12-13,16H,3-6,11H2,1-2H3. The second-order valence-corrected chi connectivity index (χ2v) is 6.30. The highest BCUT2D eigenvalue weighted by Gasteiger charge is 2.28. The molecule has 3 heterocycles. The van der Waals surface area contributed by atoms with E-state index in [9.17, 15) is 4.79 Å². The van der Waals surface area contributed by atoms with E-state index in [1.807, 2.05) is 36.0 Å². The molecule has 2 aromatic heterocycles. The molecule has 1 unspecified atom stereocenters. The van der Waals surface area contributed by atoms with Gasteiger partial charge in [0.05, 0.1) is 18.4 Å². The number of nitrogens with zero attached hydrogens (tertiary/aromatic N) is 5. The van der Waals surface area contributed by atoms with Crippen molar-refractivity contribution < 1.29 is 4.79 Å². The highest BCUT2D eigenvalue weighted by molar-refractivity contribution is 5.92. The van der Waals surface area contributed by atoms with Crippen LogP contribution >= 0.6 is 0 Å². The number of likely N-dealkylation sites (tertiary alicyclic amines) is 1. The van der Waals surface area contributed by atoms with E-state index in [0.717, 1.165) is 43.6 Å². The third-order valence-corrected chi connectivity index (χ3v) is 4.42. The van der Waals surface area contributed by atoms with Gasteiger partial charge in [-0.25, -0.2) is 9.97 Å². The van der Waals surface area contributed by atoms with Gasteiger partial charge in [-0.3, -0.25) is 9.78 Å². The fourth-order valence-corrected chi connectivity index (χ4v) is 3.09. The van der Waals surface area contributed by atoms with Crippen LogP contribution in [0.25, 0.3) is 0 Å². The third kappa shape index (κ3) is 3.53. The predicted octanol–water partition coefficient (Wildman–Crippen LogP) is 2.70. The molecule has 6 heteroatoms. The van der Waals surface area contributed by atoms with Crippen LogP contribution in [0.1, 0.15) is 47.8 Å². The van der Waals surface area contributed by atoms with Crippen molar-refractivity contribution in [2.45, 2.75) is 31.7 Å². The number of anilines is 1. The minimum absolute atomic E-state index is 0.0449. The minimum Gasteiger partial charge on any atom is -0.361 e. The Balaban J connectivity index is 1.87. The van der Waals surface area contributed by atoms with Crippen LogP contribution in [0.15, 0.2) is 36.9 Å². The third-order valence-electron chi connectivity index (χ3n) is 4.42. The molecule has 1 amide bonds. The van der Waals surface area contributed by atoms with Gasteiger partial charge < -0.3 is 9.80 Å². The SMILES string of the molecule is CN(C)c1cnc(C(=O)N2CCCCCC2c2ccncc2)cn1. The molecule has 3 rings (SSSR count). The number of carbonyl (C=O) groups excluding carboxylic acids is 1. The number of hydrogen-bond acceptors (Lipinski definition) is 5. The van der Waals surface area contributed by atoms with Crippen molar-refractivity contribution in [1.82, 2.24) is 19.9 Å². The van der Waals surface area contributed by atoms with E-state index < -0.39 is 0 Å². The van der Waals surface area contributed by atoms with Crippen molar-refractivity contribution in [3.05, 3.63) is 48.2 Å². The zero-order valence-electron chi connectivity index (χ0n) is 14.2. The molecule has 126 valence electrons. The van der Waals surface area contributed by atoms with Gasteiger partial charge in [0.15, 0.2) is 0 Å². The molecule has 24 heavy (non-hydrogen) atoms. The predicted molar refractivity (Wildman–Crippen MR) is 92.8 cm³/mol. The van der Waals surface area contributed by atoms with Crippen LogP contribution < -0.4 is 4.90 Å². The molecule has 0 saturated carbocycles. The summed E-state index contributed by atoms with van der Waals surface area (Å²) in [7, 11) is 3.81. The van der Waals surface area contributed by atoms with E-state index in [0.29, 0.717) is 5.69 Å². The van der Waals surface area contributed by atoms with Gasteiger partial charge in [0.1, 0.15) is 11.5 Å². The van der Waals surface area contributed by atoms with Crippen molar-refractivity contribution in [3.63, 3.8) is 0 Å². The quantitative estimate of drug-likeness (QED) is 0.868. The van der Waals surface area contributed by atoms with Gasteiger partial charge in [0.25, 0.3) is 5.91 Å². The Labute approximate surface area is 142 Å². The van der Waals surface area contributed by atoms with E-state index in [2.05, 4.69) is 15.0 Å². The summed E-state index contributed by atoms with van der Waals surface area (Å²) in [4.78, 5) is 29.6. The van der Waals surface area contributed by atoms with Gasteiger partial charge in [0, 0.05) is 33.0 Å². The summed E-state index contributed by atoms with van der Waals surface area (Å²) in [5, 5.41) is 0. The van der Waals surface area contributed by atoms with E-state index in [1.54, 1.807) is 24.8 Å². The maximum atomic E-state index is 13.0. The molecule has 1 aliphatic heterocycles. The summed E-state index contributed by atoms with van der Waals surface area (Å²) in [6.07, 6.45) is 11.1. The number of amides is 1. The van der Waals surface area contributed by atoms with E-state index >= 15 is 0 Å². The lowest BCUT2D eigenvalue weighted by Crippen LogP contribution is -2.35. The Kier molecular flexibility index (Phi) is 5.03. The summed E-state index contributed by atoms with van der Waals surface area (Å²) in [5.74, 6) is 0.699. The number of hydrogen-bond donors (Lipinski definition) is 0. The molecule has 1 saturated heterocycles. The first-order valence-electron chi connectivity index (χ1n) is 8.37. The second kappa shape index (κ2) is 7.38. The maximum absolute atomic E-state index is 13.0. The van der Waals surface area contributed by atoms with E-state index in [4.69, 9.17) is 0 Å². The van der Waals surface area contributed by atoms with Gasteiger partial charge in [0.2, 0.25) is 0 Å². The zero-order valence-corrected chi connectivity index (χ0v) is 14.2. The Hall–Kier alpha value is -2.50. The molecule has 0 N–H and O–H groups in total. The lowest BCUT2D eigenvalue weighted by atomic mass is 10.0. The molecule has 0 bridgehead atoms. The molecule has 2 aromatic rings. The van der Waals surface area contributed by atoms with Crippen molar-refractivity contribution in [2.75, 3.05) is 25.5 Å². The summed E-state index contributed by atoms with van der Waals surface area (Å²) in [6, 6.07) is 4.08. The molecule has 0 spiro atoms. The topological polar surface area (TPSA) is 62.2 Å². The smallest absolute Gasteiger partial charge is 0.274 e. The van der Waals surface area contributed by atoms with Crippen LogP contribution in [-0.4, -0.2) is 46.4 Å². The number of aromatic nitrogens is 3. The van der Waals surface area contributed by atoms with Gasteiger partial charge >= 0.3 is 0 Å². The monoisotopic (exact) mass is 325 g/mol. The molecule has 1 fully saturated rings. The highest BCUT2D eigenvalue weighted by Crippen LogP contribution is 2.30. The average molecular weight is 325 g/mol. The van der Waals surface area contributed by atoms with Crippen LogP contribution in [0.5, 0.6) is 0 Å². The minimum atomic E-state index is -0.0449. The number of pyridine rings is 1. The molecule has 6 nitrogen and oxygen atoms in total. The Morgan fingerprint density at radius 2 is 1.92 bits per heavy atom. The van der Waals surface area contributed by atoms with Crippen molar-refractivity contribution >= 4 is 11.7 Å². The van der Waals surface area contributed by atoms with Crippen LogP contribution in [0, 0.1) is 0 Å². The molecular weight excluding hydrogens is 302 g/mol. The van der Waals surface area contributed by atoms with Crippen LogP contribution in [-0.2, 0) is 0 Å². The molecule has 1 atom stereocenters. The molecular formula is C18H23N5O. The molecule has 0 aromatic carbocycles. The van der Waals surface area contributed by atoms with Crippen LogP contribution in [0.2, 0.25) is 0 Å². The largest absolute Gasteiger partial charge is 0.361 e. The summed E-state index contributed by atoms with van der Waals surface area (Å²) in [5.41, 5.74) is 1.54. The van der Waals surface area contributed by atoms with Crippen molar-refractivity contribution in [3.8, 4) is 0 Å². The lowest BCUT2D eigenvalue weighted by molar-refractivity contribution is 0.0674. The molecule has 1 aliphatic rings. The normalized spacial score (nSPS) is 18.1. The lowest BCUT2D eigenvalue weighted by Gasteiger charge is -2.30. The maximum Gasteiger partial charge on any atom is 0.274 e. The Bertz CT molecular complexity index is 672. The number of rotatable bonds is 3. The summed E-state index contributed by atoms with van der Waals surface area (Å²) >= 11 is 0. The van der Waals surface area contributed by atoms with Gasteiger partial charge in [-0.2, -0.15) is 0 Å². The van der Waals surface area contributed by atoms with Gasteiger partial charge in [-0.1, -0.05) is 12.8 Å². The first-order chi connectivity index (χ1) is 11.7. The van der Waals surface area contributed by atoms with E-state index in [-0.39, 0.29) is 11.9 Å². The number of carbonyl (C=O) groups is 1. The summed E-state index contributed by atoms with van der Waals surface area (Å²) < 4.78 is 0. The van der Waals surface area contributed by atoms with Crippen LogP contribution in [0.3, 0.4) is 0 Å². The van der Waals surface area contributed by atoms with Crippen LogP contribution in [0.4, 0.5) is 5.82 Å². The fraction of sp³-hybridized carbons (Fsp3) is 0.444. The molecule has 0 radical (unpaired) electrons. The Morgan fingerprint density at radius 3 is 2.58 bits per heavy atom. The highest BCUT2D eigenvalue weighted by atomic mass is 16.2. The first kappa shape index (κ1) is 16.4. The van der Waals surface area contributed by atoms with Gasteiger partial charge in [-0.15, -0.1) is 0 Å². The van der Waals surface area contributed by atoms with E-state index in [1.165, 1.54) is 0 Å². The van der Waals surface area contributed by atoms with Crippen molar-refractivity contribution in [1.29, 1.82) is 0 Å². The fourth-order valence-electron chi connectivity index (χ4n) is 3.09.